The number of aliphatic hydroxyl groups is 1. The lowest BCUT2D eigenvalue weighted by molar-refractivity contribution is 0.0431. The van der Waals surface area contributed by atoms with Gasteiger partial charge in [0.2, 0.25) is 5.44 Å². The van der Waals surface area contributed by atoms with E-state index in [0.717, 1.165) is 0 Å². The average molecular weight is 592 g/mol. The molecule has 0 aliphatic carbocycles. The highest BCUT2D eigenvalue weighted by molar-refractivity contribution is 7.90. The summed E-state index contributed by atoms with van der Waals surface area (Å²) in [6.45, 7) is 0.140. The molecule has 1 atom stereocenters. The molecule has 2 amide bonds. The molecule has 0 aliphatic rings. The van der Waals surface area contributed by atoms with Crippen molar-refractivity contribution in [1.29, 1.82) is 0 Å². The summed E-state index contributed by atoms with van der Waals surface area (Å²) in [4.78, 5) is 40.2. The first kappa shape index (κ1) is 30.0. The van der Waals surface area contributed by atoms with E-state index in [1.165, 1.54) is 24.4 Å². The maximum Gasteiger partial charge on any atom is 0.421 e. The molecule has 4 N–H and O–H groups in total. The quantitative estimate of drug-likeness (QED) is 0.142. The van der Waals surface area contributed by atoms with Crippen LogP contribution in [-0.4, -0.2) is 49.6 Å². The maximum atomic E-state index is 13.4. The van der Waals surface area contributed by atoms with E-state index in [1.54, 1.807) is 72.8 Å². The first-order valence-corrected chi connectivity index (χ1v) is 14.5. The fourth-order valence-corrected chi connectivity index (χ4v) is 5.03. The number of aromatic amines is 1. The summed E-state index contributed by atoms with van der Waals surface area (Å²) in [6, 6.07) is 24.5. The standard InChI is InChI=1S/C30H29N3O8S/c34-18-6-17-32-27(35)23-14-12-22(13-15-23)24-9-4-10-25(19-24)29(41-28(36)26-11-5-16-31-26)42(38,39)33-30(37)40-20-21-7-2-1-3-8-21/h1-5,7-16,19,29,31,34H,6,17-18,20H2,(H,32,35)(H,33,37). The minimum atomic E-state index is -4.65. The summed E-state index contributed by atoms with van der Waals surface area (Å²) in [6.07, 6.45) is 0.689. The number of carbonyl (C=O) groups excluding carboxylic acids is 3. The molecule has 11 nitrogen and oxygen atoms in total. The Hall–Kier alpha value is -4.94. The van der Waals surface area contributed by atoms with Gasteiger partial charge in [-0.2, -0.15) is 0 Å². The van der Waals surface area contributed by atoms with Gasteiger partial charge in [0.25, 0.3) is 15.9 Å². The van der Waals surface area contributed by atoms with Gasteiger partial charge >= 0.3 is 12.1 Å². The molecule has 0 saturated carbocycles. The highest BCUT2D eigenvalue weighted by atomic mass is 32.2. The van der Waals surface area contributed by atoms with Crippen LogP contribution in [0.3, 0.4) is 0 Å². The minimum Gasteiger partial charge on any atom is -0.444 e. The number of H-pyrrole nitrogens is 1. The molecule has 0 saturated heterocycles. The van der Waals surface area contributed by atoms with Crippen molar-refractivity contribution in [3.63, 3.8) is 0 Å². The Labute approximate surface area is 242 Å². The van der Waals surface area contributed by atoms with Gasteiger partial charge in [-0.3, -0.25) is 4.79 Å². The number of aliphatic hydroxyl groups excluding tert-OH is 1. The van der Waals surface area contributed by atoms with Crippen molar-refractivity contribution < 1.29 is 37.4 Å². The number of nitrogens with one attached hydrogen (secondary N) is 3. The number of hydrogen-bond donors (Lipinski definition) is 4. The van der Waals surface area contributed by atoms with Crippen molar-refractivity contribution in [2.24, 2.45) is 0 Å². The predicted octanol–water partition coefficient (Wildman–Crippen LogP) is 3.91. The molecule has 12 heteroatoms. The molecule has 1 unspecified atom stereocenters. The third-order valence-electron chi connectivity index (χ3n) is 6.01. The van der Waals surface area contributed by atoms with E-state index in [2.05, 4.69) is 10.3 Å². The Morgan fingerprint density at radius 3 is 2.33 bits per heavy atom. The van der Waals surface area contributed by atoms with Crippen LogP contribution in [0.2, 0.25) is 0 Å². The summed E-state index contributed by atoms with van der Waals surface area (Å²) in [5.74, 6) is -1.24. The summed E-state index contributed by atoms with van der Waals surface area (Å²) in [5.41, 5.74) is 0.474. The number of rotatable bonds is 12. The fourth-order valence-electron chi connectivity index (χ4n) is 3.91. The lowest BCUT2D eigenvalue weighted by Crippen LogP contribution is -2.36. The van der Waals surface area contributed by atoms with Crippen LogP contribution in [0.1, 0.15) is 43.8 Å². The van der Waals surface area contributed by atoms with E-state index in [4.69, 9.17) is 14.6 Å². The minimum absolute atomic E-state index is 0.0193. The molecule has 0 spiro atoms. The third kappa shape index (κ3) is 8.05. The van der Waals surface area contributed by atoms with Gasteiger partial charge in [-0.1, -0.05) is 60.7 Å². The van der Waals surface area contributed by atoms with Gasteiger partial charge in [-0.15, -0.1) is 0 Å². The number of benzene rings is 3. The van der Waals surface area contributed by atoms with Crippen molar-refractivity contribution in [2.75, 3.05) is 13.2 Å². The van der Waals surface area contributed by atoms with Crippen LogP contribution in [-0.2, 0) is 26.1 Å². The van der Waals surface area contributed by atoms with E-state index in [0.29, 0.717) is 35.2 Å². The second-order valence-electron chi connectivity index (χ2n) is 9.07. The molecule has 1 heterocycles. The zero-order chi connectivity index (χ0) is 30.0. The first-order valence-electron chi connectivity index (χ1n) is 12.9. The Morgan fingerprint density at radius 1 is 0.881 bits per heavy atom. The molecule has 0 bridgehead atoms. The number of carbonyl (C=O) groups is 3. The van der Waals surface area contributed by atoms with Crippen LogP contribution in [0.15, 0.2) is 97.2 Å². The second-order valence-corrected chi connectivity index (χ2v) is 10.8. The van der Waals surface area contributed by atoms with Gasteiger partial charge in [0.15, 0.2) is 0 Å². The highest BCUT2D eigenvalue weighted by Gasteiger charge is 2.34. The number of sulfonamides is 1. The van der Waals surface area contributed by atoms with Crippen LogP contribution in [0.5, 0.6) is 0 Å². The first-order chi connectivity index (χ1) is 20.3. The molecular formula is C30H29N3O8S. The maximum absolute atomic E-state index is 13.4. The SMILES string of the molecule is O=C(NS(=O)(=O)C(OC(=O)c1ccc[nH]1)c1cccc(-c2ccc(C(=O)NCCCO)cc2)c1)OCc1ccccc1. The van der Waals surface area contributed by atoms with E-state index in [-0.39, 0.29) is 30.4 Å². The Bertz CT molecular complexity index is 1610. The largest absolute Gasteiger partial charge is 0.444 e. The van der Waals surface area contributed by atoms with Crippen molar-refractivity contribution in [3.05, 3.63) is 120 Å². The zero-order valence-electron chi connectivity index (χ0n) is 22.4. The van der Waals surface area contributed by atoms with Crippen LogP contribution in [0.25, 0.3) is 11.1 Å². The van der Waals surface area contributed by atoms with Crippen LogP contribution >= 0.6 is 0 Å². The summed E-state index contributed by atoms with van der Waals surface area (Å²) in [5, 5.41) is 11.6. The van der Waals surface area contributed by atoms with Crippen molar-refractivity contribution in [3.8, 4) is 11.1 Å². The number of aromatic nitrogens is 1. The van der Waals surface area contributed by atoms with E-state index in [9.17, 15) is 22.8 Å². The van der Waals surface area contributed by atoms with Crippen LogP contribution in [0.4, 0.5) is 4.79 Å². The monoisotopic (exact) mass is 591 g/mol. The van der Waals surface area contributed by atoms with E-state index < -0.39 is 27.5 Å². The van der Waals surface area contributed by atoms with Gasteiger partial charge in [0.1, 0.15) is 12.3 Å². The molecule has 4 aromatic rings. The smallest absolute Gasteiger partial charge is 0.421 e. The Balaban J connectivity index is 1.56. The van der Waals surface area contributed by atoms with Crippen molar-refractivity contribution in [1.82, 2.24) is 15.0 Å². The number of amides is 2. The molecular weight excluding hydrogens is 562 g/mol. The normalized spacial score (nSPS) is 11.7. The van der Waals surface area contributed by atoms with Gasteiger partial charge in [-0.25, -0.2) is 22.7 Å². The van der Waals surface area contributed by atoms with Crippen LogP contribution < -0.4 is 10.0 Å². The fraction of sp³-hybridized carbons (Fsp3) is 0.167. The third-order valence-corrected chi connectivity index (χ3v) is 7.40. The summed E-state index contributed by atoms with van der Waals surface area (Å²) in [7, 11) is -4.65. The van der Waals surface area contributed by atoms with Crippen molar-refractivity contribution >= 4 is 28.0 Å². The molecule has 1 aromatic heterocycles. The molecule has 0 aliphatic heterocycles. The van der Waals surface area contributed by atoms with Crippen LogP contribution in [0, 0.1) is 0 Å². The van der Waals surface area contributed by atoms with Gasteiger partial charge in [-0.05, 0) is 53.4 Å². The van der Waals surface area contributed by atoms with Gasteiger partial charge in [0.05, 0.1) is 0 Å². The number of ether oxygens (including phenoxy) is 2. The molecule has 218 valence electrons. The zero-order valence-corrected chi connectivity index (χ0v) is 23.2. The molecule has 0 fully saturated rings. The average Bonchev–Trinajstić information content (AvgIpc) is 3.55. The van der Waals surface area contributed by atoms with E-state index in [1.807, 2.05) is 4.72 Å². The summed E-state index contributed by atoms with van der Waals surface area (Å²) < 4.78 is 39.0. The lowest BCUT2D eigenvalue weighted by Gasteiger charge is -2.19. The highest BCUT2D eigenvalue weighted by Crippen LogP contribution is 2.29. The number of hydrogen-bond acceptors (Lipinski definition) is 8. The predicted molar refractivity (Wildman–Crippen MR) is 154 cm³/mol. The topological polar surface area (TPSA) is 164 Å². The van der Waals surface area contributed by atoms with Gasteiger partial charge < -0.3 is 24.9 Å². The Morgan fingerprint density at radius 2 is 1.64 bits per heavy atom. The molecule has 3 aromatic carbocycles. The lowest BCUT2D eigenvalue weighted by atomic mass is 10.0. The molecule has 0 radical (unpaired) electrons. The molecule has 4 rings (SSSR count). The second kappa shape index (κ2) is 14.1. The summed E-state index contributed by atoms with van der Waals surface area (Å²) >= 11 is 0. The van der Waals surface area contributed by atoms with Crippen molar-refractivity contribution in [2.45, 2.75) is 18.5 Å². The molecule has 42 heavy (non-hydrogen) atoms. The number of esters is 1. The van der Waals surface area contributed by atoms with Gasteiger partial charge in [0, 0.05) is 30.5 Å². The Kier molecular flexibility index (Phi) is 10.1. The van der Waals surface area contributed by atoms with E-state index >= 15 is 0 Å².